The van der Waals surface area contributed by atoms with Crippen molar-refractivity contribution in [3.8, 4) is 0 Å². The van der Waals surface area contributed by atoms with E-state index in [0.29, 0.717) is 0 Å². The third-order valence-corrected chi connectivity index (χ3v) is 4.07. The lowest BCUT2D eigenvalue weighted by molar-refractivity contribution is 0.311. The molecule has 0 radical (unpaired) electrons. The van der Waals surface area contributed by atoms with Crippen LogP contribution in [0.15, 0.2) is 36.5 Å². The van der Waals surface area contributed by atoms with Crippen LogP contribution in [0.5, 0.6) is 0 Å². The molecular weight excluding hydrogens is 298 g/mol. The minimum Gasteiger partial charge on any atom is -0.366 e. The average Bonchev–Trinajstić information content (AvgIpc) is 2.55. The van der Waals surface area contributed by atoms with Crippen molar-refractivity contribution in [3.05, 3.63) is 47.1 Å². The van der Waals surface area contributed by atoms with Crippen molar-refractivity contribution >= 4 is 23.4 Å². The molecule has 116 valence electrons. The topological polar surface area (TPSA) is 44.3 Å². The smallest absolute Gasteiger partial charge is 0.227 e. The number of hydrogen-bond donors (Lipinski definition) is 1. The van der Waals surface area contributed by atoms with Crippen LogP contribution < -0.4 is 10.2 Å². The molecule has 5 nitrogen and oxygen atoms in total. The fourth-order valence-electron chi connectivity index (χ4n) is 2.40. The summed E-state index contributed by atoms with van der Waals surface area (Å²) < 4.78 is 0. The molecule has 0 amide bonds. The summed E-state index contributed by atoms with van der Waals surface area (Å²) in [5, 5.41) is 4.09. The molecule has 2 heterocycles. The van der Waals surface area contributed by atoms with Crippen molar-refractivity contribution in [2.75, 3.05) is 43.4 Å². The molecule has 0 spiro atoms. The highest BCUT2D eigenvalue weighted by Crippen LogP contribution is 2.14. The van der Waals surface area contributed by atoms with E-state index in [4.69, 9.17) is 11.6 Å². The van der Waals surface area contributed by atoms with Gasteiger partial charge in [0, 0.05) is 43.9 Å². The van der Waals surface area contributed by atoms with E-state index in [1.165, 1.54) is 5.56 Å². The number of halogens is 1. The SMILES string of the molecule is CN1CCN(c2nccc(NCc3ccc(Cl)cc3)n2)CC1. The van der Waals surface area contributed by atoms with E-state index in [0.717, 1.165) is 49.5 Å². The molecule has 0 saturated carbocycles. The van der Waals surface area contributed by atoms with Gasteiger partial charge in [-0.1, -0.05) is 23.7 Å². The molecule has 1 N–H and O–H groups in total. The highest BCUT2D eigenvalue weighted by molar-refractivity contribution is 6.30. The van der Waals surface area contributed by atoms with E-state index in [2.05, 4.69) is 32.1 Å². The van der Waals surface area contributed by atoms with Gasteiger partial charge in [0.15, 0.2) is 0 Å². The lowest BCUT2D eigenvalue weighted by atomic mass is 10.2. The van der Waals surface area contributed by atoms with E-state index in [1.807, 2.05) is 36.5 Å². The number of rotatable bonds is 4. The summed E-state index contributed by atoms with van der Waals surface area (Å²) in [5.74, 6) is 1.65. The number of nitrogens with zero attached hydrogens (tertiary/aromatic N) is 4. The van der Waals surface area contributed by atoms with Gasteiger partial charge in [-0.05, 0) is 30.8 Å². The second-order valence-electron chi connectivity index (χ2n) is 5.51. The normalized spacial score (nSPS) is 15.8. The Bertz CT molecular complexity index is 608. The van der Waals surface area contributed by atoms with Crippen molar-refractivity contribution in [1.82, 2.24) is 14.9 Å². The third kappa shape index (κ3) is 3.87. The molecule has 1 aromatic carbocycles. The Hall–Kier alpha value is -1.85. The summed E-state index contributed by atoms with van der Waals surface area (Å²) in [6.07, 6.45) is 1.81. The fraction of sp³-hybridized carbons (Fsp3) is 0.375. The van der Waals surface area contributed by atoms with Gasteiger partial charge in [-0.15, -0.1) is 0 Å². The number of aromatic nitrogens is 2. The standard InChI is InChI=1S/C16H20ClN5/c1-21-8-10-22(11-9-21)16-18-7-6-15(20-16)19-12-13-2-4-14(17)5-3-13/h2-7H,8-12H2,1H3,(H,18,19,20). The van der Waals surface area contributed by atoms with Crippen LogP contribution in [-0.4, -0.2) is 48.1 Å². The molecule has 0 aliphatic carbocycles. The van der Waals surface area contributed by atoms with Crippen molar-refractivity contribution in [3.63, 3.8) is 0 Å². The van der Waals surface area contributed by atoms with Crippen LogP contribution >= 0.6 is 11.6 Å². The fourth-order valence-corrected chi connectivity index (χ4v) is 2.53. The Labute approximate surface area is 135 Å². The average molecular weight is 318 g/mol. The van der Waals surface area contributed by atoms with Crippen LogP contribution in [0.25, 0.3) is 0 Å². The van der Waals surface area contributed by atoms with Gasteiger partial charge >= 0.3 is 0 Å². The first-order valence-electron chi connectivity index (χ1n) is 7.45. The van der Waals surface area contributed by atoms with Gasteiger partial charge in [0.2, 0.25) is 5.95 Å². The molecule has 2 aromatic rings. The number of nitrogens with one attached hydrogen (secondary N) is 1. The van der Waals surface area contributed by atoms with Crippen molar-refractivity contribution in [2.45, 2.75) is 6.54 Å². The predicted octanol–water partition coefficient (Wildman–Crippen LogP) is 2.49. The number of anilines is 2. The van der Waals surface area contributed by atoms with Gasteiger partial charge in [0.1, 0.15) is 5.82 Å². The summed E-state index contributed by atoms with van der Waals surface area (Å²) in [6, 6.07) is 9.72. The van der Waals surface area contributed by atoms with E-state index >= 15 is 0 Å². The quantitative estimate of drug-likeness (QED) is 0.938. The third-order valence-electron chi connectivity index (χ3n) is 3.82. The van der Waals surface area contributed by atoms with Crippen molar-refractivity contribution in [1.29, 1.82) is 0 Å². The lowest BCUT2D eigenvalue weighted by Crippen LogP contribution is -2.45. The zero-order valence-corrected chi connectivity index (χ0v) is 13.4. The molecule has 1 saturated heterocycles. The summed E-state index contributed by atoms with van der Waals surface area (Å²) in [5.41, 5.74) is 1.17. The summed E-state index contributed by atoms with van der Waals surface area (Å²) in [7, 11) is 2.14. The first kappa shape index (κ1) is 15.1. The zero-order chi connectivity index (χ0) is 15.4. The van der Waals surface area contributed by atoms with Gasteiger partial charge in [0.05, 0.1) is 0 Å². The van der Waals surface area contributed by atoms with E-state index < -0.39 is 0 Å². The number of hydrogen-bond acceptors (Lipinski definition) is 5. The molecule has 0 bridgehead atoms. The Morgan fingerprint density at radius 3 is 2.55 bits per heavy atom. The predicted molar refractivity (Wildman–Crippen MR) is 90.5 cm³/mol. The minimum atomic E-state index is 0.719. The van der Waals surface area contributed by atoms with Crippen LogP contribution in [0.1, 0.15) is 5.56 Å². The van der Waals surface area contributed by atoms with E-state index in [1.54, 1.807) is 0 Å². The monoisotopic (exact) mass is 317 g/mol. The summed E-state index contributed by atoms with van der Waals surface area (Å²) in [4.78, 5) is 13.6. The lowest BCUT2D eigenvalue weighted by Gasteiger charge is -2.32. The first-order valence-corrected chi connectivity index (χ1v) is 7.83. The largest absolute Gasteiger partial charge is 0.366 e. The minimum absolute atomic E-state index is 0.719. The maximum Gasteiger partial charge on any atom is 0.227 e. The Morgan fingerprint density at radius 2 is 1.82 bits per heavy atom. The molecule has 1 aromatic heterocycles. The molecular formula is C16H20ClN5. The van der Waals surface area contributed by atoms with Crippen molar-refractivity contribution in [2.24, 2.45) is 0 Å². The van der Waals surface area contributed by atoms with Crippen LogP contribution in [0.3, 0.4) is 0 Å². The second-order valence-corrected chi connectivity index (χ2v) is 5.95. The number of likely N-dealkylation sites (N-methyl/N-ethyl adjacent to an activating group) is 1. The Balaban J connectivity index is 1.62. The zero-order valence-electron chi connectivity index (χ0n) is 12.7. The molecule has 1 fully saturated rings. The molecule has 0 atom stereocenters. The van der Waals surface area contributed by atoms with E-state index in [-0.39, 0.29) is 0 Å². The van der Waals surface area contributed by atoms with E-state index in [9.17, 15) is 0 Å². The molecule has 3 rings (SSSR count). The second kappa shape index (κ2) is 6.94. The summed E-state index contributed by atoms with van der Waals surface area (Å²) >= 11 is 5.90. The Morgan fingerprint density at radius 1 is 1.09 bits per heavy atom. The van der Waals surface area contributed by atoms with Gasteiger partial charge in [0.25, 0.3) is 0 Å². The highest BCUT2D eigenvalue weighted by Gasteiger charge is 2.16. The van der Waals surface area contributed by atoms with Crippen LogP contribution in [0.4, 0.5) is 11.8 Å². The van der Waals surface area contributed by atoms with Gasteiger partial charge in [-0.2, -0.15) is 4.98 Å². The molecule has 6 heteroatoms. The highest BCUT2D eigenvalue weighted by atomic mass is 35.5. The van der Waals surface area contributed by atoms with Crippen LogP contribution in [-0.2, 0) is 6.54 Å². The first-order chi connectivity index (χ1) is 10.7. The maximum absolute atomic E-state index is 5.90. The van der Waals surface area contributed by atoms with Gasteiger partial charge < -0.3 is 15.1 Å². The van der Waals surface area contributed by atoms with Gasteiger partial charge in [-0.25, -0.2) is 4.98 Å². The van der Waals surface area contributed by atoms with Crippen LogP contribution in [0.2, 0.25) is 5.02 Å². The number of piperazine rings is 1. The van der Waals surface area contributed by atoms with Crippen molar-refractivity contribution < 1.29 is 0 Å². The van der Waals surface area contributed by atoms with Crippen LogP contribution in [0, 0.1) is 0 Å². The molecule has 1 aliphatic heterocycles. The molecule has 22 heavy (non-hydrogen) atoms. The maximum atomic E-state index is 5.90. The molecule has 0 unspecified atom stereocenters. The number of benzene rings is 1. The van der Waals surface area contributed by atoms with Gasteiger partial charge in [-0.3, -0.25) is 0 Å². The summed E-state index contributed by atoms with van der Waals surface area (Å²) in [6.45, 7) is 4.75. The Kier molecular flexibility index (Phi) is 4.75. The molecule has 1 aliphatic rings.